The van der Waals surface area contributed by atoms with E-state index in [1.165, 1.54) is 11.8 Å². The zero-order valence-electron chi connectivity index (χ0n) is 18.3. The molecule has 12 heteroatoms. The molecule has 3 rings (SSSR count). The fourth-order valence-electron chi connectivity index (χ4n) is 3.62. The second kappa shape index (κ2) is 10.8. The zero-order valence-corrected chi connectivity index (χ0v) is 20.7. The van der Waals surface area contributed by atoms with E-state index in [1.54, 1.807) is 30.5 Å². The van der Waals surface area contributed by atoms with E-state index < -0.39 is 33.4 Å². The third-order valence-electron chi connectivity index (χ3n) is 5.30. The lowest BCUT2D eigenvalue weighted by atomic mass is 9.95. The number of nitrogens with zero attached hydrogens (tertiary/aromatic N) is 1. The molecule has 178 valence electrons. The van der Waals surface area contributed by atoms with Crippen molar-refractivity contribution in [3.8, 4) is 0 Å². The van der Waals surface area contributed by atoms with Gasteiger partial charge in [0.1, 0.15) is 6.42 Å². The van der Waals surface area contributed by atoms with Crippen molar-refractivity contribution in [2.24, 2.45) is 11.7 Å². The molecule has 0 spiro atoms. The van der Waals surface area contributed by atoms with Crippen LogP contribution in [-0.2, 0) is 19.4 Å². The molecule has 1 unspecified atom stereocenters. The van der Waals surface area contributed by atoms with E-state index in [0.29, 0.717) is 15.5 Å². The second-order valence-corrected chi connectivity index (χ2v) is 12.1. The average molecular weight is 511 g/mol. The molecule has 1 atom stereocenters. The Bertz CT molecular complexity index is 1160. The maximum atomic E-state index is 12.8. The van der Waals surface area contributed by atoms with Crippen molar-refractivity contribution in [2.45, 2.75) is 41.7 Å². The molecule has 2 aromatic rings. The maximum Gasteiger partial charge on any atom is 0.235 e. The molecule has 0 aliphatic heterocycles. The van der Waals surface area contributed by atoms with Crippen molar-refractivity contribution in [3.63, 3.8) is 0 Å². The van der Waals surface area contributed by atoms with Gasteiger partial charge in [0, 0.05) is 17.7 Å². The first-order valence-electron chi connectivity index (χ1n) is 10.3. The Balaban J connectivity index is 1.65. The molecule has 4 N–H and O–H groups in total. The summed E-state index contributed by atoms with van der Waals surface area (Å²) in [6, 6.07) is 6.78. The van der Waals surface area contributed by atoms with Crippen LogP contribution in [0.15, 0.2) is 28.5 Å². The summed E-state index contributed by atoms with van der Waals surface area (Å²) in [6.45, 7) is 0. The van der Waals surface area contributed by atoms with Crippen molar-refractivity contribution in [3.05, 3.63) is 35.5 Å². The molecule has 33 heavy (non-hydrogen) atoms. The highest BCUT2D eigenvalue weighted by atomic mass is 32.2. The Morgan fingerprint density at radius 1 is 1.18 bits per heavy atom. The molecule has 9 nitrogen and oxygen atoms in total. The van der Waals surface area contributed by atoms with Gasteiger partial charge in [0.25, 0.3) is 0 Å². The topological polar surface area (TPSA) is 148 Å². The van der Waals surface area contributed by atoms with Crippen LogP contribution in [0.5, 0.6) is 0 Å². The Labute approximate surface area is 200 Å². The number of ketones is 1. The highest BCUT2D eigenvalue weighted by molar-refractivity contribution is 8.00. The van der Waals surface area contributed by atoms with Gasteiger partial charge in [-0.3, -0.25) is 14.4 Å². The van der Waals surface area contributed by atoms with Gasteiger partial charge in [-0.15, -0.1) is 11.8 Å². The standard InChI is InChI=1S/C21H26N4O5S3/c1-31-20-17(19(22)33(2,29)30)25-21(32-20)24-16(27)11-15(26)23-14-10-6-5-9-13(14)18(28)12-7-3-4-8-12/h5-6,9-10,12,19H,3-4,7-8,11,22H2,1-2H3,(H,23,26)(H,24,25,27). The van der Waals surface area contributed by atoms with Crippen LogP contribution in [0, 0.1) is 5.92 Å². The number of thioether (sulfide) groups is 1. The quantitative estimate of drug-likeness (QED) is 0.265. The van der Waals surface area contributed by atoms with Crippen LogP contribution in [-0.4, -0.2) is 43.5 Å². The van der Waals surface area contributed by atoms with Gasteiger partial charge in [0.2, 0.25) is 11.8 Å². The van der Waals surface area contributed by atoms with Gasteiger partial charge in [0.15, 0.2) is 26.1 Å². The summed E-state index contributed by atoms with van der Waals surface area (Å²) in [7, 11) is -3.57. The molecule has 0 bridgehead atoms. The lowest BCUT2D eigenvalue weighted by Gasteiger charge is -2.13. The molecule has 1 aliphatic rings. The van der Waals surface area contributed by atoms with Crippen molar-refractivity contribution >= 4 is 61.4 Å². The SMILES string of the molecule is CSc1sc(NC(=O)CC(=O)Nc2ccccc2C(=O)C2CCCC2)nc1C(N)S(C)(=O)=O. The van der Waals surface area contributed by atoms with Crippen LogP contribution >= 0.6 is 23.1 Å². The molecule has 0 saturated heterocycles. The number of Topliss-reactive ketones (excluding diaryl/α,β-unsaturated/α-hetero) is 1. The third kappa shape index (κ3) is 6.40. The van der Waals surface area contributed by atoms with Crippen LogP contribution in [0.1, 0.15) is 53.5 Å². The molecular weight excluding hydrogens is 484 g/mol. The summed E-state index contributed by atoms with van der Waals surface area (Å²) in [5.41, 5.74) is 6.77. The number of hydrogen-bond donors (Lipinski definition) is 3. The number of benzene rings is 1. The van der Waals surface area contributed by atoms with E-state index in [2.05, 4.69) is 15.6 Å². The molecule has 1 aromatic heterocycles. The minimum atomic E-state index is -3.57. The molecule has 1 fully saturated rings. The summed E-state index contributed by atoms with van der Waals surface area (Å²) in [5, 5.41) is 4.02. The first kappa shape index (κ1) is 25.3. The molecule has 1 aliphatic carbocycles. The van der Waals surface area contributed by atoms with Gasteiger partial charge in [0.05, 0.1) is 15.6 Å². The van der Waals surface area contributed by atoms with Crippen molar-refractivity contribution < 1.29 is 22.8 Å². The second-order valence-electron chi connectivity index (χ2n) is 7.81. The predicted octanol–water partition coefficient (Wildman–Crippen LogP) is 3.21. The fourth-order valence-corrected chi connectivity index (χ4v) is 6.06. The molecule has 1 saturated carbocycles. The Morgan fingerprint density at radius 3 is 2.45 bits per heavy atom. The summed E-state index contributed by atoms with van der Waals surface area (Å²) < 4.78 is 24.1. The van der Waals surface area contributed by atoms with E-state index in [0.717, 1.165) is 43.3 Å². The molecular formula is C21H26N4O5S3. The summed E-state index contributed by atoms with van der Waals surface area (Å²) in [4.78, 5) is 41.8. The smallest absolute Gasteiger partial charge is 0.235 e. The first-order chi connectivity index (χ1) is 15.6. The van der Waals surface area contributed by atoms with Gasteiger partial charge in [-0.2, -0.15) is 0 Å². The molecule has 0 radical (unpaired) electrons. The Morgan fingerprint density at radius 2 is 1.82 bits per heavy atom. The number of anilines is 2. The van der Waals surface area contributed by atoms with Crippen LogP contribution < -0.4 is 16.4 Å². The predicted molar refractivity (Wildman–Crippen MR) is 130 cm³/mol. The van der Waals surface area contributed by atoms with E-state index in [-0.39, 0.29) is 22.5 Å². The van der Waals surface area contributed by atoms with E-state index >= 15 is 0 Å². The Hall–Kier alpha value is -2.28. The number of carbonyl (C=O) groups excluding carboxylic acids is 3. The van der Waals surface area contributed by atoms with Gasteiger partial charge < -0.3 is 16.4 Å². The minimum absolute atomic E-state index is 0.00924. The number of nitrogens with two attached hydrogens (primary N) is 1. The van der Waals surface area contributed by atoms with Crippen LogP contribution in [0.4, 0.5) is 10.8 Å². The summed E-state index contributed by atoms with van der Waals surface area (Å²) >= 11 is 2.35. The number of para-hydroxylation sites is 1. The summed E-state index contributed by atoms with van der Waals surface area (Å²) in [6.07, 6.45) is 6.01. The number of thiazole rings is 1. The number of hydrogen-bond acceptors (Lipinski definition) is 9. The number of sulfone groups is 1. The number of aromatic nitrogens is 1. The zero-order chi connectivity index (χ0) is 24.2. The van der Waals surface area contributed by atoms with E-state index in [1.807, 2.05) is 0 Å². The largest absolute Gasteiger partial charge is 0.325 e. The number of nitrogens with one attached hydrogen (secondary N) is 2. The van der Waals surface area contributed by atoms with Gasteiger partial charge >= 0.3 is 0 Å². The summed E-state index contributed by atoms with van der Waals surface area (Å²) in [5.74, 6) is -1.22. The first-order valence-corrected chi connectivity index (χ1v) is 14.3. The van der Waals surface area contributed by atoms with Gasteiger partial charge in [-0.1, -0.05) is 36.3 Å². The molecule has 1 heterocycles. The average Bonchev–Trinajstić information content (AvgIpc) is 3.42. The lowest BCUT2D eigenvalue weighted by molar-refractivity contribution is -0.123. The molecule has 2 amide bonds. The lowest BCUT2D eigenvalue weighted by Crippen LogP contribution is -2.23. The number of rotatable bonds is 9. The van der Waals surface area contributed by atoms with E-state index in [4.69, 9.17) is 5.73 Å². The fraction of sp³-hybridized carbons (Fsp3) is 0.429. The van der Waals surface area contributed by atoms with Crippen molar-refractivity contribution in [1.82, 2.24) is 4.98 Å². The monoisotopic (exact) mass is 510 g/mol. The van der Waals surface area contributed by atoms with Crippen LogP contribution in [0.2, 0.25) is 0 Å². The van der Waals surface area contributed by atoms with E-state index in [9.17, 15) is 22.8 Å². The Kier molecular flexibility index (Phi) is 8.27. The number of amides is 2. The van der Waals surface area contributed by atoms with Crippen LogP contribution in [0.3, 0.4) is 0 Å². The minimum Gasteiger partial charge on any atom is -0.325 e. The normalized spacial score (nSPS) is 15.2. The van der Waals surface area contributed by atoms with Gasteiger partial charge in [-0.05, 0) is 31.2 Å². The van der Waals surface area contributed by atoms with Gasteiger partial charge in [-0.25, -0.2) is 13.4 Å². The van der Waals surface area contributed by atoms with Crippen molar-refractivity contribution in [1.29, 1.82) is 0 Å². The number of carbonyl (C=O) groups is 3. The van der Waals surface area contributed by atoms with Crippen LogP contribution in [0.25, 0.3) is 0 Å². The highest BCUT2D eigenvalue weighted by Crippen LogP contribution is 2.35. The maximum absolute atomic E-state index is 12.8. The van der Waals surface area contributed by atoms with Crippen molar-refractivity contribution in [2.75, 3.05) is 23.1 Å². The highest BCUT2D eigenvalue weighted by Gasteiger charge is 2.27. The third-order valence-corrected chi connectivity index (χ3v) is 8.55. The molecule has 1 aromatic carbocycles.